The van der Waals surface area contributed by atoms with Crippen molar-refractivity contribution in [2.24, 2.45) is 16.7 Å². The van der Waals surface area contributed by atoms with Gasteiger partial charge < -0.3 is 52.3 Å². The van der Waals surface area contributed by atoms with Gasteiger partial charge in [-0.2, -0.15) is 0 Å². The van der Waals surface area contributed by atoms with Crippen LogP contribution in [0.2, 0.25) is 0 Å². The maximum atomic E-state index is 15.1. The van der Waals surface area contributed by atoms with Crippen molar-refractivity contribution in [1.29, 1.82) is 0 Å². The number of aryl methyl sites for hydroxylation is 2. The zero-order chi connectivity index (χ0) is 60.8. The molecule has 0 saturated carbocycles. The van der Waals surface area contributed by atoms with Gasteiger partial charge in [0.1, 0.15) is 24.2 Å². The molecule has 8 N–H and O–H groups in total. The van der Waals surface area contributed by atoms with Gasteiger partial charge in [0.05, 0.1) is 24.2 Å². The number of fused-ring (bicyclic) bond motifs is 3. The molecule has 2 heterocycles. The second-order valence-electron chi connectivity index (χ2n) is 25.8. The summed E-state index contributed by atoms with van der Waals surface area (Å²) < 4.78 is 0. The van der Waals surface area contributed by atoms with Crippen molar-refractivity contribution in [2.45, 2.75) is 182 Å². The van der Waals surface area contributed by atoms with Gasteiger partial charge in [0, 0.05) is 42.4 Å². The van der Waals surface area contributed by atoms with Crippen molar-refractivity contribution >= 4 is 52.9 Å². The van der Waals surface area contributed by atoms with E-state index in [0.29, 0.717) is 12.2 Å². The van der Waals surface area contributed by atoms with Gasteiger partial charge in [-0.1, -0.05) is 117 Å². The highest BCUT2D eigenvalue weighted by Crippen LogP contribution is 2.35. The predicted molar refractivity (Wildman–Crippen MR) is 324 cm³/mol. The van der Waals surface area contributed by atoms with Crippen LogP contribution in [0.15, 0.2) is 91.0 Å². The molecule has 0 unspecified atom stereocenters. The van der Waals surface area contributed by atoms with Crippen molar-refractivity contribution < 1.29 is 38.4 Å². The van der Waals surface area contributed by atoms with Gasteiger partial charge in [0.25, 0.3) is 11.8 Å². The maximum absolute atomic E-state index is 15.1. The van der Waals surface area contributed by atoms with Crippen molar-refractivity contribution in [3.05, 3.63) is 136 Å². The molecule has 1 saturated heterocycles. The summed E-state index contributed by atoms with van der Waals surface area (Å²) in [5, 5.41) is 24.7. The number of carbonyl (C=O) groups excluding carboxylic acids is 8. The summed E-state index contributed by atoms with van der Waals surface area (Å²) in [5.74, 6) is -3.05. The first kappa shape index (κ1) is 62.6. The predicted octanol–water partition coefficient (Wildman–Crippen LogP) is 6.58. The van der Waals surface area contributed by atoms with Crippen molar-refractivity contribution in [2.75, 3.05) is 25.5 Å². The van der Waals surface area contributed by atoms with E-state index in [0.717, 1.165) is 60.8 Å². The highest BCUT2D eigenvalue weighted by molar-refractivity contribution is 6.05. The zero-order valence-electron chi connectivity index (χ0n) is 50.9. The van der Waals surface area contributed by atoms with Crippen LogP contribution in [0.25, 0.3) is 0 Å². The monoisotopic (exact) mass is 1150 g/mol. The molecule has 9 atom stereocenters. The van der Waals surface area contributed by atoms with E-state index in [1.807, 2.05) is 111 Å². The third-order valence-electron chi connectivity index (χ3n) is 17.2. The Morgan fingerprint density at radius 2 is 1.12 bits per heavy atom. The minimum Gasteiger partial charge on any atom is -0.347 e. The number of likely N-dealkylation sites (N-methyl/N-ethyl adjacent to an activating group) is 2. The van der Waals surface area contributed by atoms with Crippen LogP contribution in [-0.4, -0.2) is 119 Å². The summed E-state index contributed by atoms with van der Waals surface area (Å²) in [6.45, 7) is 19.4. The minimum atomic E-state index is -0.978. The summed E-state index contributed by atoms with van der Waals surface area (Å²) in [7, 11) is 1.66. The van der Waals surface area contributed by atoms with E-state index in [-0.39, 0.29) is 84.6 Å². The summed E-state index contributed by atoms with van der Waals surface area (Å²) in [6.07, 6.45) is 5.49. The standard InChI is InChI=1S/C66H88N10O8/c1-12-68-54(38(2)3)62(82)74-56(66(8,9)10)63(83)75-36-45-33-46(32-31-44(45)34-52(75)60(80)71-50-25-17-21-40-19-13-15-23-48(40)50)69-58(78)42-27-29-43(30-28-42)59(79)70-47-35-53(61(81)72-51-26-18-22-41-20-14-16-24-49(41)51)76(37-47)64(84)55(65(5,6)7)73-57(77)39(4)67-11/h13-16,19-20,23-24,27-33,38-39,47,50-56,67-68H,12,17-18,21-22,25-26,34-37H2,1-11H3,(H,69,78)(H,70,79)(H,71,80)(H,72,81)(H,73,77)(H,74,82)/t39-,47-,50+,51+,52-,53-,54-,55+,56+/m0/s1. The highest BCUT2D eigenvalue weighted by atomic mass is 16.2. The Balaban J connectivity index is 0.980. The number of hydrogen-bond donors (Lipinski definition) is 8. The van der Waals surface area contributed by atoms with Gasteiger partial charge in [-0.05, 0) is 152 Å². The van der Waals surface area contributed by atoms with E-state index in [2.05, 4.69) is 54.7 Å². The molecule has 8 rings (SSSR count). The molecule has 1 fully saturated rings. The number of carbonyl (C=O) groups is 8. The lowest BCUT2D eigenvalue weighted by Gasteiger charge is -2.42. The summed E-state index contributed by atoms with van der Waals surface area (Å²) in [5.41, 5.74) is 5.58. The molecule has 4 aromatic rings. The molecular weight excluding hydrogens is 1060 g/mol. The van der Waals surface area contributed by atoms with Gasteiger partial charge in [-0.3, -0.25) is 38.4 Å². The first-order valence-electron chi connectivity index (χ1n) is 30.1. The first-order valence-corrected chi connectivity index (χ1v) is 30.1. The van der Waals surface area contributed by atoms with Crippen LogP contribution >= 0.6 is 0 Å². The van der Waals surface area contributed by atoms with Gasteiger partial charge in [0.15, 0.2) is 0 Å². The Hall–Kier alpha value is -7.44. The van der Waals surface area contributed by atoms with Crippen molar-refractivity contribution in [3.63, 3.8) is 0 Å². The number of amides is 8. The number of hydrogen-bond acceptors (Lipinski definition) is 10. The van der Waals surface area contributed by atoms with Crippen LogP contribution in [0.5, 0.6) is 0 Å². The van der Waals surface area contributed by atoms with Gasteiger partial charge >= 0.3 is 0 Å². The molecule has 18 heteroatoms. The topological polar surface area (TPSA) is 239 Å². The Kier molecular flexibility index (Phi) is 19.9. The normalized spacial score (nSPS) is 20.8. The number of anilines is 1. The van der Waals surface area contributed by atoms with E-state index in [1.165, 1.54) is 16.0 Å². The summed E-state index contributed by atoms with van der Waals surface area (Å²) in [6, 6.07) is 21.8. The third kappa shape index (κ3) is 14.5. The Labute approximate surface area is 495 Å². The summed E-state index contributed by atoms with van der Waals surface area (Å²) in [4.78, 5) is 117. The molecule has 4 aliphatic rings. The van der Waals surface area contributed by atoms with Crippen LogP contribution in [0, 0.1) is 16.7 Å². The van der Waals surface area contributed by atoms with E-state index < -0.39 is 70.8 Å². The van der Waals surface area contributed by atoms with Crippen molar-refractivity contribution in [3.8, 4) is 0 Å². The Morgan fingerprint density at radius 3 is 1.65 bits per heavy atom. The molecule has 0 spiro atoms. The van der Waals surface area contributed by atoms with Gasteiger partial charge in [0.2, 0.25) is 35.4 Å². The molecule has 0 aromatic heterocycles. The van der Waals surface area contributed by atoms with Crippen LogP contribution in [0.1, 0.15) is 168 Å². The number of rotatable bonds is 18. The molecule has 0 radical (unpaired) electrons. The molecule has 18 nitrogen and oxygen atoms in total. The van der Waals surface area contributed by atoms with Gasteiger partial charge in [-0.25, -0.2) is 0 Å². The maximum Gasteiger partial charge on any atom is 0.255 e. The smallest absolute Gasteiger partial charge is 0.255 e. The average Bonchev–Trinajstić information content (AvgIpc) is 1.54. The minimum absolute atomic E-state index is 0.0215. The van der Waals surface area contributed by atoms with Gasteiger partial charge in [-0.15, -0.1) is 0 Å². The average molecular weight is 1150 g/mol. The van der Waals surface area contributed by atoms with Crippen LogP contribution in [0.3, 0.4) is 0 Å². The highest BCUT2D eigenvalue weighted by Gasteiger charge is 2.47. The first-order chi connectivity index (χ1) is 39.9. The quantitative estimate of drug-likeness (QED) is 0.0533. The van der Waals surface area contributed by atoms with Crippen LogP contribution in [0.4, 0.5) is 5.69 Å². The molecule has 2 aliphatic heterocycles. The second-order valence-corrected chi connectivity index (χ2v) is 25.8. The molecule has 8 amide bonds. The lowest BCUT2D eigenvalue weighted by atomic mass is 9.83. The lowest BCUT2D eigenvalue weighted by Crippen LogP contribution is -2.62. The number of benzene rings is 4. The molecule has 84 heavy (non-hydrogen) atoms. The zero-order valence-corrected chi connectivity index (χ0v) is 50.9. The lowest BCUT2D eigenvalue weighted by molar-refractivity contribution is -0.147. The fraction of sp³-hybridized carbons (Fsp3) is 0.515. The Bertz CT molecular complexity index is 3090. The SMILES string of the molecule is CCN[C@H](C(=O)N[C@H](C(=O)N1Cc2cc(NC(=O)c3ccc(C(=O)N[C@H]4C[C@@H](C(=O)N[C@@H]5CCCc6ccccc65)N(C(=O)[C@@H](NC(=O)[C@H](C)NC)C(C)(C)C)C4)cc3)ccc2C[C@H]1C(=O)N[C@@H]1CCCc2ccccc21)C(C)(C)C)C(C)C. The van der Waals surface area contributed by atoms with Crippen molar-refractivity contribution in [1.82, 2.24) is 47.0 Å². The molecule has 0 bridgehead atoms. The van der Waals surface area contributed by atoms with Crippen LogP contribution < -0.4 is 42.5 Å². The summed E-state index contributed by atoms with van der Waals surface area (Å²) >= 11 is 0. The van der Waals surface area contributed by atoms with E-state index in [9.17, 15) is 33.6 Å². The number of nitrogens with zero attached hydrogens (tertiary/aromatic N) is 2. The number of likely N-dealkylation sites (tertiary alicyclic amines) is 1. The molecule has 2 aliphatic carbocycles. The molecule has 4 aromatic carbocycles. The molecular formula is C66H88N10O8. The van der Waals surface area contributed by atoms with E-state index >= 15 is 4.79 Å². The number of nitrogens with one attached hydrogen (secondary N) is 8. The fourth-order valence-corrected chi connectivity index (χ4v) is 12.3. The second kappa shape index (κ2) is 26.6. The van der Waals surface area contributed by atoms with E-state index in [1.54, 1.807) is 49.2 Å². The Morgan fingerprint density at radius 1 is 0.595 bits per heavy atom. The fourth-order valence-electron chi connectivity index (χ4n) is 12.3. The third-order valence-corrected chi connectivity index (χ3v) is 17.2. The van der Waals surface area contributed by atoms with E-state index in [4.69, 9.17) is 0 Å². The largest absolute Gasteiger partial charge is 0.347 e. The molecule has 450 valence electrons. The van der Waals surface area contributed by atoms with Crippen LogP contribution in [-0.2, 0) is 54.6 Å².